The molecule has 0 amide bonds. The summed E-state index contributed by atoms with van der Waals surface area (Å²) in [6.07, 6.45) is 0. The van der Waals surface area contributed by atoms with E-state index < -0.39 is 13.7 Å². The van der Waals surface area contributed by atoms with Crippen LogP contribution in [0.5, 0.6) is 0 Å². The normalized spacial score (nSPS) is 24.8. The number of nitrogens with one attached hydrogen (secondary N) is 1. The first-order valence-electron chi connectivity index (χ1n) is 5.47. The number of β-amino-alcohol motifs (C(OH)–C–C–N with tert-alkyl or cyclic N) is 1. The lowest BCUT2D eigenvalue weighted by Crippen LogP contribution is -2.37. The van der Waals surface area contributed by atoms with Crippen LogP contribution in [0.2, 0.25) is 25.7 Å². The molecular weight excluding hydrogens is 202 g/mol. The predicted octanol–water partition coefficient (Wildman–Crippen LogP) is 2.64. The SMILES string of the molecule is C[Si](C)(C)CC1(O)CNc2ccccc21. The van der Waals surface area contributed by atoms with Gasteiger partial charge in [0.15, 0.2) is 0 Å². The van der Waals surface area contributed by atoms with Gasteiger partial charge in [0.05, 0.1) is 0 Å². The third-order valence-electron chi connectivity index (χ3n) is 2.82. The Balaban J connectivity index is 2.33. The zero-order valence-corrected chi connectivity index (χ0v) is 10.7. The van der Waals surface area contributed by atoms with Crippen molar-refractivity contribution in [1.29, 1.82) is 0 Å². The van der Waals surface area contributed by atoms with Crippen LogP contribution in [0.3, 0.4) is 0 Å². The fourth-order valence-electron chi connectivity index (χ4n) is 2.41. The van der Waals surface area contributed by atoms with Crippen molar-refractivity contribution in [3.8, 4) is 0 Å². The number of hydrogen-bond acceptors (Lipinski definition) is 2. The molecule has 15 heavy (non-hydrogen) atoms. The molecule has 2 N–H and O–H groups in total. The second kappa shape index (κ2) is 3.35. The fraction of sp³-hybridized carbons (Fsp3) is 0.500. The Morgan fingerprint density at radius 3 is 2.67 bits per heavy atom. The Labute approximate surface area is 92.3 Å². The lowest BCUT2D eigenvalue weighted by atomic mass is 9.98. The number of para-hydroxylation sites is 1. The fourth-order valence-corrected chi connectivity index (χ4v) is 4.48. The first kappa shape index (κ1) is 10.7. The molecular formula is C12H19NOSi. The molecule has 0 radical (unpaired) electrons. The minimum atomic E-state index is -1.25. The van der Waals surface area contributed by atoms with Gasteiger partial charge < -0.3 is 10.4 Å². The lowest BCUT2D eigenvalue weighted by molar-refractivity contribution is 0.0778. The van der Waals surface area contributed by atoms with Crippen molar-refractivity contribution in [2.75, 3.05) is 11.9 Å². The number of rotatable bonds is 2. The van der Waals surface area contributed by atoms with E-state index in [2.05, 4.69) is 25.0 Å². The summed E-state index contributed by atoms with van der Waals surface area (Å²) < 4.78 is 0. The molecule has 3 heteroatoms. The average Bonchev–Trinajstić information content (AvgIpc) is 2.42. The number of hydrogen-bond donors (Lipinski definition) is 2. The van der Waals surface area contributed by atoms with E-state index in [4.69, 9.17) is 0 Å². The van der Waals surface area contributed by atoms with Gasteiger partial charge in [-0.25, -0.2) is 0 Å². The van der Waals surface area contributed by atoms with Crippen LogP contribution in [-0.2, 0) is 5.60 Å². The van der Waals surface area contributed by atoms with Crippen LogP contribution in [0.25, 0.3) is 0 Å². The topological polar surface area (TPSA) is 32.3 Å². The maximum absolute atomic E-state index is 10.7. The van der Waals surface area contributed by atoms with E-state index in [9.17, 15) is 5.11 Å². The van der Waals surface area contributed by atoms with Gasteiger partial charge in [0.25, 0.3) is 0 Å². The molecule has 1 atom stereocenters. The molecule has 0 saturated heterocycles. The van der Waals surface area contributed by atoms with Crippen LogP contribution in [-0.4, -0.2) is 19.7 Å². The van der Waals surface area contributed by atoms with E-state index in [-0.39, 0.29) is 0 Å². The molecule has 1 aliphatic rings. The van der Waals surface area contributed by atoms with Gasteiger partial charge in [-0.15, -0.1) is 0 Å². The summed E-state index contributed by atoms with van der Waals surface area (Å²) in [5.41, 5.74) is 1.53. The molecule has 0 fully saturated rings. The standard InChI is InChI=1S/C12H19NOSi/c1-15(2,3)9-12(14)8-13-11-7-5-4-6-10(11)12/h4-7,13-14H,8-9H2,1-3H3. The highest BCUT2D eigenvalue weighted by Crippen LogP contribution is 2.39. The number of benzene rings is 1. The van der Waals surface area contributed by atoms with Crippen molar-refractivity contribution in [2.24, 2.45) is 0 Å². The molecule has 0 aromatic heterocycles. The van der Waals surface area contributed by atoms with Crippen molar-refractivity contribution in [1.82, 2.24) is 0 Å². The van der Waals surface area contributed by atoms with Gasteiger partial charge in [-0.2, -0.15) is 0 Å². The summed E-state index contributed by atoms with van der Waals surface area (Å²) in [7, 11) is -1.25. The molecule has 2 rings (SSSR count). The summed E-state index contributed by atoms with van der Waals surface area (Å²) in [5.74, 6) is 0. The Morgan fingerprint density at radius 2 is 2.00 bits per heavy atom. The molecule has 1 heterocycles. The van der Waals surface area contributed by atoms with Gasteiger partial charge in [-0.05, 0) is 12.1 Å². The van der Waals surface area contributed by atoms with E-state index in [0.29, 0.717) is 6.54 Å². The summed E-state index contributed by atoms with van der Waals surface area (Å²) in [6, 6.07) is 9.00. The van der Waals surface area contributed by atoms with Gasteiger partial charge in [-0.1, -0.05) is 37.8 Å². The highest BCUT2D eigenvalue weighted by atomic mass is 28.3. The minimum absolute atomic E-state index is 0.638. The van der Waals surface area contributed by atoms with Crippen molar-refractivity contribution in [2.45, 2.75) is 31.3 Å². The van der Waals surface area contributed by atoms with E-state index in [0.717, 1.165) is 17.3 Å². The average molecular weight is 221 g/mol. The smallest absolute Gasteiger partial charge is 0.106 e. The minimum Gasteiger partial charge on any atom is -0.384 e. The summed E-state index contributed by atoms with van der Waals surface area (Å²) in [5, 5.41) is 13.9. The zero-order valence-electron chi connectivity index (χ0n) is 9.67. The number of aliphatic hydroxyl groups is 1. The highest BCUT2D eigenvalue weighted by molar-refractivity contribution is 6.76. The highest BCUT2D eigenvalue weighted by Gasteiger charge is 2.39. The first-order valence-corrected chi connectivity index (χ1v) is 9.17. The third-order valence-corrected chi connectivity index (χ3v) is 4.47. The molecule has 1 aliphatic heterocycles. The van der Waals surface area contributed by atoms with Crippen LogP contribution < -0.4 is 5.32 Å². The zero-order chi connectivity index (χ0) is 11.1. The van der Waals surface area contributed by atoms with Crippen LogP contribution in [0.15, 0.2) is 24.3 Å². The van der Waals surface area contributed by atoms with E-state index >= 15 is 0 Å². The van der Waals surface area contributed by atoms with Gasteiger partial charge in [0, 0.05) is 25.9 Å². The van der Waals surface area contributed by atoms with Crippen molar-refractivity contribution < 1.29 is 5.11 Å². The lowest BCUT2D eigenvalue weighted by Gasteiger charge is -2.29. The molecule has 0 spiro atoms. The Kier molecular flexibility index (Phi) is 2.39. The van der Waals surface area contributed by atoms with Crippen LogP contribution in [0.4, 0.5) is 5.69 Å². The number of fused-ring (bicyclic) bond motifs is 1. The Morgan fingerprint density at radius 1 is 1.33 bits per heavy atom. The Bertz CT molecular complexity index is 372. The molecule has 0 aliphatic carbocycles. The largest absolute Gasteiger partial charge is 0.384 e. The maximum Gasteiger partial charge on any atom is 0.106 e. The molecule has 1 aromatic rings. The van der Waals surface area contributed by atoms with Gasteiger partial charge in [0.2, 0.25) is 0 Å². The predicted molar refractivity (Wildman–Crippen MR) is 67.0 cm³/mol. The Hall–Kier alpha value is -0.803. The second-order valence-corrected chi connectivity index (χ2v) is 11.1. The monoisotopic (exact) mass is 221 g/mol. The van der Waals surface area contributed by atoms with Crippen LogP contribution in [0.1, 0.15) is 5.56 Å². The summed E-state index contributed by atoms with van der Waals surface area (Å²) in [6.45, 7) is 7.56. The molecule has 82 valence electrons. The van der Waals surface area contributed by atoms with Crippen LogP contribution in [0, 0.1) is 0 Å². The summed E-state index contributed by atoms with van der Waals surface area (Å²) in [4.78, 5) is 0. The van der Waals surface area contributed by atoms with Crippen molar-refractivity contribution in [3.05, 3.63) is 29.8 Å². The molecule has 2 nitrogen and oxygen atoms in total. The molecule has 0 saturated carbocycles. The van der Waals surface area contributed by atoms with E-state index in [1.807, 2.05) is 24.3 Å². The molecule has 0 bridgehead atoms. The van der Waals surface area contributed by atoms with Gasteiger partial charge >= 0.3 is 0 Å². The second-order valence-electron chi connectivity index (χ2n) is 5.67. The molecule has 1 aromatic carbocycles. The van der Waals surface area contributed by atoms with Crippen molar-refractivity contribution >= 4 is 13.8 Å². The van der Waals surface area contributed by atoms with Gasteiger partial charge in [-0.3, -0.25) is 0 Å². The van der Waals surface area contributed by atoms with Crippen molar-refractivity contribution in [3.63, 3.8) is 0 Å². The quantitative estimate of drug-likeness (QED) is 0.753. The number of anilines is 1. The molecule has 1 unspecified atom stereocenters. The van der Waals surface area contributed by atoms with Gasteiger partial charge in [0.1, 0.15) is 5.60 Å². The first-order chi connectivity index (χ1) is 6.91. The van der Waals surface area contributed by atoms with Crippen LogP contribution >= 0.6 is 0 Å². The maximum atomic E-state index is 10.7. The summed E-state index contributed by atoms with van der Waals surface area (Å²) >= 11 is 0. The van der Waals surface area contributed by atoms with E-state index in [1.54, 1.807) is 0 Å². The third kappa shape index (κ3) is 2.08. The van der Waals surface area contributed by atoms with E-state index in [1.165, 1.54) is 0 Å².